The minimum absolute atomic E-state index is 0.260. The quantitative estimate of drug-likeness (QED) is 0.840. The molecular weight excluding hydrogens is 281 g/mol. The lowest BCUT2D eigenvalue weighted by Gasteiger charge is -2.12. The molecule has 1 aliphatic heterocycles. The number of ether oxygens (including phenoxy) is 2. The van der Waals surface area contributed by atoms with Crippen LogP contribution < -0.4 is 4.90 Å². The number of cyclic esters (lactones) is 1. The van der Waals surface area contributed by atoms with Crippen molar-refractivity contribution in [2.24, 2.45) is 0 Å². The Morgan fingerprint density at radius 1 is 1.62 bits per heavy atom. The lowest BCUT2D eigenvalue weighted by molar-refractivity contribution is -0.0488. The van der Waals surface area contributed by atoms with Gasteiger partial charge in [-0.2, -0.15) is 0 Å². The van der Waals surface area contributed by atoms with Crippen molar-refractivity contribution in [3.63, 3.8) is 0 Å². The van der Waals surface area contributed by atoms with E-state index in [1.807, 2.05) is 0 Å². The molecule has 2 rings (SSSR count). The van der Waals surface area contributed by atoms with Crippen molar-refractivity contribution in [2.45, 2.75) is 6.29 Å². The van der Waals surface area contributed by atoms with Crippen molar-refractivity contribution in [3.8, 4) is 0 Å². The van der Waals surface area contributed by atoms with E-state index in [1.165, 1.54) is 24.1 Å². The average Bonchev–Trinajstić information content (AvgIpc) is 2.64. The predicted octanol–water partition coefficient (Wildman–Crippen LogP) is 2.52. The molecule has 1 heterocycles. The number of benzene rings is 1. The molecule has 86 valence electrons. The van der Waals surface area contributed by atoms with E-state index in [4.69, 9.17) is 9.47 Å². The summed E-state index contributed by atoms with van der Waals surface area (Å²) in [6, 6.07) is 4.44. The van der Waals surface area contributed by atoms with E-state index in [-0.39, 0.29) is 6.54 Å². The number of carbonyl (C=O) groups excluding carboxylic acids is 1. The third-order valence-corrected chi connectivity index (χ3v) is 2.91. The summed E-state index contributed by atoms with van der Waals surface area (Å²) in [6.45, 7) is 0.260. The second-order valence-electron chi connectivity index (χ2n) is 3.26. The van der Waals surface area contributed by atoms with Crippen LogP contribution in [-0.2, 0) is 9.47 Å². The van der Waals surface area contributed by atoms with Crippen molar-refractivity contribution in [1.29, 1.82) is 0 Å². The van der Waals surface area contributed by atoms with Gasteiger partial charge in [0, 0.05) is 7.11 Å². The van der Waals surface area contributed by atoms with Gasteiger partial charge in [0.25, 0.3) is 0 Å². The Hall–Kier alpha value is -1.14. The van der Waals surface area contributed by atoms with Gasteiger partial charge >= 0.3 is 6.09 Å². The Balaban J connectivity index is 2.24. The first-order valence-corrected chi connectivity index (χ1v) is 5.37. The molecule has 1 amide bonds. The van der Waals surface area contributed by atoms with Crippen LogP contribution in [0.1, 0.15) is 0 Å². The van der Waals surface area contributed by atoms with Crippen LogP contribution in [0.5, 0.6) is 0 Å². The number of anilines is 1. The maximum atomic E-state index is 13.3. The molecule has 1 fully saturated rings. The van der Waals surface area contributed by atoms with Crippen LogP contribution in [0.2, 0.25) is 0 Å². The zero-order chi connectivity index (χ0) is 11.7. The molecule has 0 unspecified atom stereocenters. The predicted molar refractivity (Wildman–Crippen MR) is 58.7 cm³/mol. The van der Waals surface area contributed by atoms with Gasteiger partial charge < -0.3 is 9.47 Å². The molecule has 0 bridgehead atoms. The second-order valence-corrected chi connectivity index (χ2v) is 4.11. The number of carbonyl (C=O) groups is 1. The Morgan fingerprint density at radius 2 is 2.38 bits per heavy atom. The van der Waals surface area contributed by atoms with Gasteiger partial charge in [0.1, 0.15) is 5.82 Å². The van der Waals surface area contributed by atoms with Gasteiger partial charge in [-0.05, 0) is 34.1 Å². The van der Waals surface area contributed by atoms with Gasteiger partial charge in [-0.1, -0.05) is 0 Å². The number of nitrogens with zero attached hydrogens (tertiary/aromatic N) is 1. The number of methoxy groups -OCH3 is 1. The van der Waals surface area contributed by atoms with Crippen LogP contribution in [0.25, 0.3) is 0 Å². The summed E-state index contributed by atoms with van der Waals surface area (Å²) < 4.78 is 23.4. The molecule has 0 radical (unpaired) electrons. The molecule has 0 N–H and O–H groups in total. The van der Waals surface area contributed by atoms with Gasteiger partial charge in [-0.25, -0.2) is 9.18 Å². The van der Waals surface area contributed by atoms with Crippen LogP contribution in [0.15, 0.2) is 22.7 Å². The summed E-state index contributed by atoms with van der Waals surface area (Å²) >= 11 is 3.04. The molecule has 0 aliphatic carbocycles. The van der Waals surface area contributed by atoms with E-state index in [0.29, 0.717) is 10.2 Å². The summed E-state index contributed by atoms with van der Waals surface area (Å²) in [6.07, 6.45) is -1.13. The molecule has 4 nitrogen and oxygen atoms in total. The fraction of sp³-hybridized carbons (Fsp3) is 0.300. The second kappa shape index (κ2) is 4.39. The highest BCUT2D eigenvalue weighted by Crippen LogP contribution is 2.25. The first-order valence-electron chi connectivity index (χ1n) is 4.58. The third-order valence-electron chi connectivity index (χ3n) is 2.26. The van der Waals surface area contributed by atoms with Crippen molar-refractivity contribution < 1.29 is 18.7 Å². The molecule has 0 spiro atoms. The van der Waals surface area contributed by atoms with Gasteiger partial charge in [-0.15, -0.1) is 0 Å². The van der Waals surface area contributed by atoms with Gasteiger partial charge in [-0.3, -0.25) is 4.90 Å². The van der Waals surface area contributed by atoms with E-state index in [1.54, 1.807) is 6.07 Å². The number of hydrogen-bond acceptors (Lipinski definition) is 3. The normalized spacial score (nSPS) is 20.1. The van der Waals surface area contributed by atoms with Crippen molar-refractivity contribution in [3.05, 3.63) is 28.5 Å². The smallest absolute Gasteiger partial charge is 0.416 e. The number of rotatable bonds is 2. The van der Waals surface area contributed by atoms with Crippen LogP contribution in [0.3, 0.4) is 0 Å². The zero-order valence-corrected chi connectivity index (χ0v) is 10.0. The molecule has 16 heavy (non-hydrogen) atoms. The van der Waals surface area contributed by atoms with E-state index < -0.39 is 18.2 Å². The Morgan fingerprint density at radius 3 is 2.94 bits per heavy atom. The Bertz CT molecular complexity index is 427. The molecule has 0 aromatic heterocycles. The lowest BCUT2D eigenvalue weighted by atomic mass is 10.3. The summed E-state index contributed by atoms with van der Waals surface area (Å²) in [5, 5.41) is 0. The van der Waals surface area contributed by atoms with Crippen molar-refractivity contribution >= 4 is 27.7 Å². The van der Waals surface area contributed by atoms with Crippen molar-refractivity contribution in [2.75, 3.05) is 18.6 Å². The third kappa shape index (κ3) is 2.03. The molecule has 1 aliphatic rings. The first-order chi connectivity index (χ1) is 7.61. The van der Waals surface area contributed by atoms with Crippen LogP contribution >= 0.6 is 15.9 Å². The topological polar surface area (TPSA) is 38.8 Å². The SMILES string of the molecule is CO[C@H]1CN(c2ccc(Br)c(F)c2)C(=O)O1. The van der Waals surface area contributed by atoms with Gasteiger partial charge in [0.2, 0.25) is 6.29 Å². The molecule has 6 heteroatoms. The fourth-order valence-electron chi connectivity index (χ4n) is 1.42. The summed E-state index contributed by atoms with van der Waals surface area (Å²) in [7, 11) is 1.45. The minimum Gasteiger partial charge on any atom is -0.417 e. The maximum absolute atomic E-state index is 13.3. The van der Waals surface area contributed by atoms with E-state index in [2.05, 4.69) is 15.9 Å². The maximum Gasteiger partial charge on any atom is 0.416 e. The fourth-order valence-corrected chi connectivity index (χ4v) is 1.67. The highest BCUT2D eigenvalue weighted by molar-refractivity contribution is 9.10. The Kier molecular flexibility index (Phi) is 3.11. The highest BCUT2D eigenvalue weighted by atomic mass is 79.9. The van der Waals surface area contributed by atoms with E-state index in [9.17, 15) is 9.18 Å². The number of amides is 1. The molecule has 1 aromatic carbocycles. The summed E-state index contributed by atoms with van der Waals surface area (Å²) in [4.78, 5) is 12.8. The number of halogens is 2. The van der Waals surface area contributed by atoms with E-state index in [0.717, 1.165) is 0 Å². The summed E-state index contributed by atoms with van der Waals surface area (Å²) in [5.41, 5.74) is 0.449. The van der Waals surface area contributed by atoms with Crippen molar-refractivity contribution in [1.82, 2.24) is 0 Å². The molecule has 1 atom stereocenters. The molecular formula is C10H9BrFNO3. The molecule has 1 saturated heterocycles. The standard InChI is InChI=1S/C10H9BrFNO3/c1-15-9-5-13(10(14)16-9)6-2-3-7(11)8(12)4-6/h2-4,9H,5H2,1H3/t9-/m1/s1. The summed E-state index contributed by atoms with van der Waals surface area (Å²) in [5.74, 6) is -0.425. The minimum atomic E-state index is -0.598. The van der Waals surface area contributed by atoms with Gasteiger partial charge in [0.05, 0.1) is 16.7 Å². The van der Waals surface area contributed by atoms with Crippen LogP contribution in [-0.4, -0.2) is 26.0 Å². The average molecular weight is 290 g/mol. The van der Waals surface area contributed by atoms with Crippen LogP contribution in [0, 0.1) is 5.82 Å². The largest absolute Gasteiger partial charge is 0.417 e. The lowest BCUT2D eigenvalue weighted by Crippen LogP contribution is -2.24. The van der Waals surface area contributed by atoms with Gasteiger partial charge in [0.15, 0.2) is 0 Å². The molecule has 0 saturated carbocycles. The molecule has 1 aromatic rings. The van der Waals surface area contributed by atoms with E-state index >= 15 is 0 Å². The van der Waals surface area contributed by atoms with Crippen LogP contribution in [0.4, 0.5) is 14.9 Å². The Labute approximate surface area is 100 Å². The zero-order valence-electron chi connectivity index (χ0n) is 8.44. The highest BCUT2D eigenvalue weighted by Gasteiger charge is 2.32. The number of hydrogen-bond donors (Lipinski definition) is 0. The first kappa shape index (κ1) is 11.3. The monoisotopic (exact) mass is 289 g/mol.